The van der Waals surface area contributed by atoms with Crippen molar-refractivity contribution in [3.63, 3.8) is 0 Å². The van der Waals surface area contributed by atoms with E-state index in [1.54, 1.807) is 13.8 Å². The number of carboxylic acid groups (broad SMARTS) is 1. The lowest BCUT2D eigenvalue weighted by atomic mass is 10.2. The Balaban J connectivity index is -0.000000209. The minimum atomic E-state index is -0.830. The van der Waals surface area contributed by atoms with Crippen LogP contribution in [-0.2, 0) is 9.59 Å². The Bertz CT molecular complexity index is 561. The Labute approximate surface area is 253 Å². The van der Waals surface area contributed by atoms with Crippen LogP contribution >= 0.6 is 95.6 Å². The van der Waals surface area contributed by atoms with Gasteiger partial charge in [-0.05, 0) is 90.9 Å². The summed E-state index contributed by atoms with van der Waals surface area (Å²) in [5, 5.41) is 12.4. The number of nitrogens with zero attached hydrogens (tertiary/aromatic N) is 1. The number of Topliss-reactive ketones (excluding diaryl/α,β-unsaturated/α-hetero) is 1. The number of aliphatic carboxylic acids is 1. The third-order valence-corrected chi connectivity index (χ3v) is 5.80. The fourth-order valence-corrected chi connectivity index (χ4v) is 4.20. The lowest BCUT2D eigenvalue weighted by Gasteiger charge is -2.27. The predicted molar refractivity (Wildman–Crippen MR) is 168 cm³/mol. The van der Waals surface area contributed by atoms with E-state index in [0.29, 0.717) is 0 Å². The van der Waals surface area contributed by atoms with Crippen LogP contribution < -0.4 is 5.32 Å². The lowest BCUT2D eigenvalue weighted by Crippen LogP contribution is -2.35. The molecule has 2 aliphatic rings. The molecule has 0 aromatic rings. The van der Waals surface area contributed by atoms with Crippen LogP contribution in [0.2, 0.25) is 0 Å². The number of thioether (sulfide) groups is 1. The van der Waals surface area contributed by atoms with Gasteiger partial charge < -0.3 is 20.1 Å². The summed E-state index contributed by atoms with van der Waals surface area (Å²) in [6.45, 7) is 10.9. The maximum atomic E-state index is 11.0. The standard InChI is InChI=1S/C11H19NO2S2.C6H13N.C3H6O.CHCl3.CS2.ClH/c1-11(2,9(13)14)16-10(15)12-7-5-3-4-6-8-12;1-2-4-6-7-5-3-1;1-3(2)4;2-1(3)4;2-1-3;/h3-8H2,1-2H3,(H,13,14);7H,1-6H2;1-2H3;1H;;1H. The van der Waals surface area contributed by atoms with Crippen molar-refractivity contribution in [2.45, 2.75) is 88.1 Å². The van der Waals surface area contributed by atoms with Gasteiger partial charge in [-0.25, -0.2) is 0 Å². The number of thiocarbonyl (C=S) groups is 3. The molecule has 2 fully saturated rings. The molecule has 5 nitrogen and oxygen atoms in total. The van der Waals surface area contributed by atoms with E-state index in [0.717, 1.165) is 30.3 Å². The second-order valence-corrected chi connectivity index (χ2v) is 12.9. The third kappa shape index (κ3) is 36.9. The smallest absolute Gasteiger partial charge is 0.319 e. The number of ketones is 1. The highest BCUT2D eigenvalue weighted by molar-refractivity contribution is 8.24. The highest BCUT2D eigenvalue weighted by Crippen LogP contribution is 2.28. The Morgan fingerprint density at radius 1 is 0.943 bits per heavy atom. The summed E-state index contributed by atoms with van der Waals surface area (Å²) in [4.78, 5) is 22.6. The number of halogens is 4. The maximum absolute atomic E-state index is 11.0. The minimum absolute atomic E-state index is 0. The molecule has 0 aliphatic carbocycles. The van der Waals surface area contributed by atoms with Crippen LogP contribution in [0.4, 0.5) is 0 Å². The third-order valence-electron chi connectivity index (χ3n) is 4.18. The van der Waals surface area contributed by atoms with Crippen molar-refractivity contribution < 1.29 is 14.7 Å². The molecule has 13 heteroatoms. The zero-order valence-corrected chi connectivity index (χ0v) is 27.3. The van der Waals surface area contributed by atoms with Gasteiger partial charge in [0, 0.05) is 17.4 Å². The molecule has 0 aromatic heterocycles. The number of carboxylic acids is 1. The average Bonchev–Trinajstić information content (AvgIpc) is 3.16. The SMILES string of the molecule is C1CCCNCC1.CC(C)(SC(=S)N1CCCCCC1)C(=O)O.CC(C)=O.Cl.ClC(Cl)Cl.S=C=S. The molecule has 0 bridgehead atoms. The maximum Gasteiger partial charge on any atom is 0.319 e. The van der Waals surface area contributed by atoms with Gasteiger partial charge in [0.2, 0.25) is 0 Å². The van der Waals surface area contributed by atoms with E-state index >= 15 is 0 Å². The average molecular weight is 651 g/mol. The van der Waals surface area contributed by atoms with Gasteiger partial charge in [-0.1, -0.05) is 84.5 Å². The van der Waals surface area contributed by atoms with Crippen molar-refractivity contribution in [3.8, 4) is 0 Å². The summed E-state index contributed by atoms with van der Waals surface area (Å²) in [5.41, 5.74) is 0. The zero-order valence-electron chi connectivity index (χ0n) is 20.9. The second kappa shape index (κ2) is 29.3. The Morgan fingerprint density at radius 2 is 1.26 bits per heavy atom. The minimum Gasteiger partial charge on any atom is -0.480 e. The van der Waals surface area contributed by atoms with E-state index in [1.807, 2.05) is 4.31 Å². The molecule has 0 aromatic carbocycles. The first-order valence-corrected chi connectivity index (χ1v) is 14.5. The molecular formula is C22H40Cl4N2O3S4. The van der Waals surface area contributed by atoms with Gasteiger partial charge in [-0.2, -0.15) is 0 Å². The molecule has 2 rings (SSSR count). The van der Waals surface area contributed by atoms with Gasteiger partial charge in [0.15, 0.2) is 4.30 Å². The van der Waals surface area contributed by atoms with Crippen molar-refractivity contribution >= 4 is 116 Å². The summed E-state index contributed by atoms with van der Waals surface area (Å²) in [6, 6.07) is 0. The number of hydrogen-bond acceptors (Lipinski definition) is 7. The Morgan fingerprint density at radius 3 is 1.57 bits per heavy atom. The van der Waals surface area contributed by atoms with Crippen LogP contribution in [0, 0.1) is 0 Å². The van der Waals surface area contributed by atoms with Gasteiger partial charge in [0.1, 0.15) is 14.9 Å². The number of hydrogen-bond donors (Lipinski definition) is 2. The van der Waals surface area contributed by atoms with Crippen molar-refractivity contribution in [3.05, 3.63) is 0 Å². The molecule has 0 amide bonds. The van der Waals surface area contributed by atoms with Crippen molar-refractivity contribution in [2.24, 2.45) is 0 Å². The summed E-state index contributed by atoms with van der Waals surface area (Å²) >= 11 is 28.9. The first kappa shape index (κ1) is 42.8. The molecule has 0 saturated carbocycles. The molecule has 208 valence electrons. The number of nitrogens with one attached hydrogen (secondary N) is 1. The Kier molecular flexibility index (Phi) is 35.8. The monoisotopic (exact) mass is 648 g/mol. The van der Waals surface area contributed by atoms with Crippen LogP contribution in [-0.4, -0.2) is 65.6 Å². The van der Waals surface area contributed by atoms with Crippen molar-refractivity contribution in [1.82, 2.24) is 10.2 Å². The van der Waals surface area contributed by atoms with E-state index in [9.17, 15) is 9.59 Å². The number of alkyl halides is 3. The highest BCUT2D eigenvalue weighted by atomic mass is 35.6. The van der Waals surface area contributed by atoms with Crippen LogP contribution in [0.3, 0.4) is 0 Å². The molecule has 35 heavy (non-hydrogen) atoms. The van der Waals surface area contributed by atoms with Crippen LogP contribution in [0.5, 0.6) is 0 Å². The van der Waals surface area contributed by atoms with Crippen molar-refractivity contribution in [1.29, 1.82) is 0 Å². The van der Waals surface area contributed by atoms with Gasteiger partial charge in [-0.3, -0.25) is 4.79 Å². The molecule has 2 N–H and O–H groups in total. The molecule has 2 heterocycles. The quantitative estimate of drug-likeness (QED) is 0.229. The highest BCUT2D eigenvalue weighted by Gasteiger charge is 2.31. The molecule has 0 radical (unpaired) electrons. The summed E-state index contributed by atoms with van der Waals surface area (Å²) in [6.07, 6.45) is 10.5. The van der Waals surface area contributed by atoms with Gasteiger partial charge in [0.05, 0.1) is 0 Å². The summed E-state index contributed by atoms with van der Waals surface area (Å²) in [7, 11) is 0. The molecule has 2 aliphatic heterocycles. The fraction of sp³-hybridized carbons (Fsp3) is 0.818. The number of carbonyl (C=O) groups is 2. The first-order valence-electron chi connectivity index (χ1n) is 11.1. The van der Waals surface area contributed by atoms with Crippen LogP contribution in [0.1, 0.15) is 79.1 Å². The largest absolute Gasteiger partial charge is 0.480 e. The van der Waals surface area contributed by atoms with Crippen LogP contribution in [0.25, 0.3) is 0 Å². The number of rotatable bonds is 2. The van der Waals surface area contributed by atoms with Gasteiger partial charge in [-0.15, -0.1) is 12.4 Å². The normalized spacial score (nSPS) is 15.0. The summed E-state index contributed by atoms with van der Waals surface area (Å²) in [5.74, 6) is -0.644. The lowest BCUT2D eigenvalue weighted by molar-refractivity contribution is -0.138. The molecule has 0 unspecified atom stereocenters. The molecular weight excluding hydrogens is 610 g/mol. The van der Waals surface area contributed by atoms with Gasteiger partial charge >= 0.3 is 5.97 Å². The van der Waals surface area contributed by atoms with Gasteiger partial charge in [0.25, 0.3) is 0 Å². The molecule has 0 spiro atoms. The van der Waals surface area contributed by atoms with Crippen LogP contribution in [0.15, 0.2) is 0 Å². The topological polar surface area (TPSA) is 69.6 Å². The van der Waals surface area contributed by atoms with E-state index in [4.69, 9.17) is 52.1 Å². The Hall–Kier alpha value is 0.720. The van der Waals surface area contributed by atoms with E-state index in [2.05, 4.69) is 34.7 Å². The molecule has 0 atom stereocenters. The molecule has 2 saturated heterocycles. The number of carbonyl (C=O) groups excluding carboxylic acids is 1. The number of likely N-dealkylation sites (tertiary alicyclic amines) is 1. The fourth-order valence-electron chi connectivity index (χ4n) is 2.56. The zero-order chi connectivity index (χ0) is 27.0. The second-order valence-electron chi connectivity index (χ2n) is 7.99. The van der Waals surface area contributed by atoms with E-state index < -0.39 is 15.0 Å². The predicted octanol–water partition coefficient (Wildman–Crippen LogP) is 7.92. The first-order chi connectivity index (χ1) is 15.8. The van der Waals surface area contributed by atoms with E-state index in [-0.39, 0.29) is 18.2 Å². The van der Waals surface area contributed by atoms with Crippen molar-refractivity contribution in [2.75, 3.05) is 26.2 Å². The van der Waals surface area contributed by atoms with E-state index in [1.165, 1.54) is 77.2 Å². The summed E-state index contributed by atoms with van der Waals surface area (Å²) < 4.78 is 1.07.